The summed E-state index contributed by atoms with van der Waals surface area (Å²) in [5.41, 5.74) is 2.33. The number of anilines is 1. The summed E-state index contributed by atoms with van der Waals surface area (Å²) in [6.45, 7) is 1.16. The molecule has 0 unspecified atom stereocenters. The molecule has 2 amide bonds. The van der Waals surface area contributed by atoms with Crippen LogP contribution in [0.1, 0.15) is 31.2 Å². The predicted octanol–water partition coefficient (Wildman–Crippen LogP) is 2.75. The molecule has 0 spiro atoms. The van der Waals surface area contributed by atoms with Crippen molar-refractivity contribution in [3.63, 3.8) is 0 Å². The van der Waals surface area contributed by atoms with Gasteiger partial charge in [0.15, 0.2) is 18.1 Å². The van der Waals surface area contributed by atoms with Gasteiger partial charge in [0.05, 0.1) is 31.9 Å². The molecule has 2 aliphatic heterocycles. The molecule has 0 saturated carbocycles. The zero-order valence-electron chi connectivity index (χ0n) is 18.1. The van der Waals surface area contributed by atoms with Crippen LogP contribution < -0.4 is 14.8 Å². The number of hydrogen-bond donors (Lipinski definition) is 1. The highest BCUT2D eigenvalue weighted by Crippen LogP contribution is 2.32. The Hall–Kier alpha value is -3.88. The van der Waals surface area contributed by atoms with Crippen molar-refractivity contribution >= 4 is 29.2 Å². The Labute approximate surface area is 191 Å². The molecule has 2 aromatic carbocycles. The number of benzene rings is 2. The third kappa shape index (κ3) is 6.09. The quantitative estimate of drug-likeness (QED) is 0.649. The Kier molecular flexibility index (Phi) is 7.19. The van der Waals surface area contributed by atoms with Crippen LogP contribution >= 0.6 is 0 Å². The third-order valence-corrected chi connectivity index (χ3v) is 5.14. The Bertz CT molecular complexity index is 1050. The number of fused-ring (bicyclic) bond motifs is 1. The maximum atomic E-state index is 12.4. The van der Waals surface area contributed by atoms with Crippen LogP contribution in [-0.2, 0) is 19.1 Å². The third-order valence-electron chi connectivity index (χ3n) is 5.14. The maximum absolute atomic E-state index is 12.4. The van der Waals surface area contributed by atoms with Crippen molar-refractivity contribution in [1.29, 1.82) is 0 Å². The topological polar surface area (TPSA) is 107 Å². The van der Waals surface area contributed by atoms with Crippen LogP contribution in [0.5, 0.6) is 11.5 Å². The Morgan fingerprint density at radius 3 is 2.61 bits per heavy atom. The minimum absolute atomic E-state index is 0.0335. The molecule has 0 fully saturated rings. The molecule has 9 heteroatoms. The second-order valence-corrected chi connectivity index (χ2v) is 7.60. The van der Waals surface area contributed by atoms with Gasteiger partial charge in [-0.1, -0.05) is 30.3 Å². The average molecular weight is 451 g/mol. The lowest BCUT2D eigenvalue weighted by molar-refractivity contribution is -0.148. The Morgan fingerprint density at radius 2 is 1.79 bits per heavy atom. The minimum Gasteiger partial charge on any atom is -0.490 e. The van der Waals surface area contributed by atoms with Gasteiger partial charge < -0.3 is 19.5 Å². The zero-order chi connectivity index (χ0) is 23.0. The SMILES string of the molecule is O=C(COC(=O)CCC(=O)N1CCC(c2ccccc2)=N1)Nc1ccc2c(c1)OCCCO2. The molecule has 4 rings (SSSR count). The summed E-state index contributed by atoms with van der Waals surface area (Å²) in [5, 5.41) is 8.39. The van der Waals surface area contributed by atoms with Crippen molar-refractivity contribution in [3.05, 3.63) is 54.1 Å². The minimum atomic E-state index is -0.622. The van der Waals surface area contributed by atoms with Gasteiger partial charge in [0.1, 0.15) is 0 Å². The van der Waals surface area contributed by atoms with Crippen molar-refractivity contribution in [1.82, 2.24) is 5.01 Å². The number of hydrogen-bond acceptors (Lipinski definition) is 7. The molecule has 0 aliphatic carbocycles. The molecule has 0 saturated heterocycles. The van der Waals surface area contributed by atoms with Crippen LogP contribution in [0.25, 0.3) is 0 Å². The average Bonchev–Trinajstić information content (AvgIpc) is 3.22. The van der Waals surface area contributed by atoms with E-state index >= 15 is 0 Å². The first-order chi connectivity index (χ1) is 16.1. The van der Waals surface area contributed by atoms with E-state index in [1.54, 1.807) is 18.2 Å². The predicted molar refractivity (Wildman–Crippen MR) is 120 cm³/mol. The fourth-order valence-electron chi connectivity index (χ4n) is 3.46. The first-order valence-electron chi connectivity index (χ1n) is 10.9. The Morgan fingerprint density at radius 1 is 1.00 bits per heavy atom. The number of esters is 1. The largest absolute Gasteiger partial charge is 0.490 e. The second kappa shape index (κ2) is 10.6. The van der Waals surface area contributed by atoms with E-state index in [0.29, 0.717) is 43.4 Å². The van der Waals surface area contributed by atoms with Crippen LogP contribution in [0.3, 0.4) is 0 Å². The summed E-state index contributed by atoms with van der Waals surface area (Å²) in [4.78, 5) is 36.5. The van der Waals surface area contributed by atoms with E-state index in [9.17, 15) is 14.4 Å². The lowest BCUT2D eigenvalue weighted by atomic mass is 10.1. The molecule has 9 nitrogen and oxygen atoms in total. The van der Waals surface area contributed by atoms with Crippen molar-refractivity contribution < 1.29 is 28.6 Å². The lowest BCUT2D eigenvalue weighted by Gasteiger charge is -2.12. The molecular weight excluding hydrogens is 426 g/mol. The van der Waals surface area contributed by atoms with E-state index in [-0.39, 0.29) is 18.7 Å². The first kappa shape index (κ1) is 22.3. The van der Waals surface area contributed by atoms with Crippen molar-refractivity contribution in [2.24, 2.45) is 5.10 Å². The number of carbonyl (C=O) groups is 3. The van der Waals surface area contributed by atoms with Gasteiger partial charge in [-0.3, -0.25) is 14.4 Å². The number of ether oxygens (including phenoxy) is 3. The molecule has 0 radical (unpaired) electrons. The molecule has 1 N–H and O–H groups in total. The van der Waals surface area contributed by atoms with E-state index in [2.05, 4.69) is 10.4 Å². The van der Waals surface area contributed by atoms with Gasteiger partial charge in [-0.15, -0.1) is 0 Å². The summed E-state index contributed by atoms with van der Waals surface area (Å²) >= 11 is 0. The van der Waals surface area contributed by atoms with Gasteiger partial charge in [0.2, 0.25) is 5.91 Å². The highest BCUT2D eigenvalue weighted by molar-refractivity contribution is 6.02. The van der Waals surface area contributed by atoms with Crippen LogP contribution in [-0.4, -0.2) is 54.9 Å². The fourth-order valence-corrected chi connectivity index (χ4v) is 3.46. The number of carbonyl (C=O) groups excluding carboxylic acids is 3. The highest BCUT2D eigenvalue weighted by Gasteiger charge is 2.22. The molecule has 0 bridgehead atoms. The van der Waals surface area contributed by atoms with Gasteiger partial charge in [0, 0.05) is 31.0 Å². The Balaban J connectivity index is 1.19. The van der Waals surface area contributed by atoms with E-state index in [0.717, 1.165) is 17.7 Å². The fraction of sp³-hybridized carbons (Fsp3) is 0.333. The van der Waals surface area contributed by atoms with Crippen molar-refractivity contribution in [3.8, 4) is 11.5 Å². The molecule has 172 valence electrons. The lowest BCUT2D eigenvalue weighted by Crippen LogP contribution is -2.25. The molecule has 2 aromatic rings. The summed E-state index contributed by atoms with van der Waals surface area (Å²) < 4.78 is 16.1. The van der Waals surface area contributed by atoms with E-state index in [1.807, 2.05) is 30.3 Å². The summed E-state index contributed by atoms with van der Waals surface area (Å²) in [5.74, 6) is -0.181. The van der Waals surface area contributed by atoms with E-state index < -0.39 is 18.5 Å². The normalized spacial score (nSPS) is 14.8. The van der Waals surface area contributed by atoms with Gasteiger partial charge in [-0.2, -0.15) is 5.10 Å². The molecule has 0 atom stereocenters. The summed E-state index contributed by atoms with van der Waals surface area (Å²) in [6.07, 6.45) is 1.30. The number of nitrogens with zero attached hydrogens (tertiary/aromatic N) is 2. The van der Waals surface area contributed by atoms with Gasteiger partial charge >= 0.3 is 5.97 Å². The zero-order valence-corrected chi connectivity index (χ0v) is 18.1. The number of nitrogens with one attached hydrogen (secondary N) is 1. The van der Waals surface area contributed by atoms with Crippen LogP contribution in [0.15, 0.2) is 53.6 Å². The van der Waals surface area contributed by atoms with Crippen molar-refractivity contribution in [2.45, 2.75) is 25.7 Å². The van der Waals surface area contributed by atoms with E-state index in [4.69, 9.17) is 14.2 Å². The van der Waals surface area contributed by atoms with E-state index in [1.165, 1.54) is 5.01 Å². The van der Waals surface area contributed by atoms with Crippen molar-refractivity contribution in [2.75, 3.05) is 31.7 Å². The monoisotopic (exact) mass is 451 g/mol. The number of amides is 2. The molecule has 2 aliphatic rings. The second-order valence-electron chi connectivity index (χ2n) is 7.60. The van der Waals surface area contributed by atoms with Crippen LogP contribution in [0.2, 0.25) is 0 Å². The summed E-state index contributed by atoms with van der Waals surface area (Å²) in [7, 11) is 0. The summed E-state index contributed by atoms with van der Waals surface area (Å²) in [6, 6.07) is 14.7. The van der Waals surface area contributed by atoms with Gasteiger partial charge in [-0.25, -0.2) is 5.01 Å². The first-order valence-corrected chi connectivity index (χ1v) is 10.9. The van der Waals surface area contributed by atoms with Crippen LogP contribution in [0, 0.1) is 0 Å². The number of hydrazone groups is 1. The maximum Gasteiger partial charge on any atom is 0.306 e. The molecular formula is C24H25N3O6. The van der Waals surface area contributed by atoms with Gasteiger partial charge in [-0.05, 0) is 17.7 Å². The smallest absolute Gasteiger partial charge is 0.306 e. The molecule has 33 heavy (non-hydrogen) atoms. The number of rotatable bonds is 7. The molecule has 0 aromatic heterocycles. The van der Waals surface area contributed by atoms with Gasteiger partial charge in [0.25, 0.3) is 5.91 Å². The highest BCUT2D eigenvalue weighted by atomic mass is 16.5. The standard InChI is InChI=1S/C24H25N3O6/c28-22(25-18-7-8-20-21(15-18)32-14-4-13-31-20)16-33-24(30)10-9-23(29)27-12-11-19(26-27)17-5-2-1-3-6-17/h1-3,5-8,15H,4,9-14,16H2,(H,25,28). The van der Waals surface area contributed by atoms with Crippen LogP contribution in [0.4, 0.5) is 5.69 Å². The molecule has 2 heterocycles.